The van der Waals surface area contributed by atoms with Crippen molar-refractivity contribution in [2.75, 3.05) is 26.8 Å². The maximum atomic E-state index is 5.71. The summed E-state index contributed by atoms with van der Waals surface area (Å²) in [6.45, 7) is 4.68. The summed E-state index contributed by atoms with van der Waals surface area (Å²) in [4.78, 5) is 4.56. The number of para-hydroxylation sites is 1. The number of benzene rings is 1. The molecule has 0 unspecified atom stereocenters. The monoisotopic (exact) mass is 445 g/mol. The van der Waals surface area contributed by atoms with Crippen LogP contribution in [0.25, 0.3) is 0 Å². The Morgan fingerprint density at radius 2 is 2.00 bits per heavy atom. The number of methoxy groups -OCH3 is 1. The first-order valence-electron chi connectivity index (χ1n) is 8.23. The average molecular weight is 445 g/mol. The van der Waals surface area contributed by atoms with Crippen LogP contribution in [0.5, 0.6) is 5.75 Å². The first kappa shape index (κ1) is 20.8. The Balaban J connectivity index is 0.00000288. The molecule has 1 aromatic rings. The number of hydrogen-bond acceptors (Lipinski definition) is 3. The fraction of sp³-hybridized carbons (Fsp3) is 0.500. The molecule has 0 saturated heterocycles. The van der Waals surface area contributed by atoms with Crippen LogP contribution in [0.2, 0.25) is 0 Å². The SMILES string of the molecule is CCNC(=NCCOCc1ccccc1OC)NC1CC=CC1.I. The second kappa shape index (κ2) is 12.1. The average Bonchev–Trinajstić information content (AvgIpc) is 3.08. The van der Waals surface area contributed by atoms with Crippen LogP contribution in [0.1, 0.15) is 25.3 Å². The predicted octanol–water partition coefficient (Wildman–Crippen LogP) is 3.10. The first-order valence-corrected chi connectivity index (χ1v) is 8.23. The molecule has 6 heteroatoms. The van der Waals surface area contributed by atoms with Crippen molar-refractivity contribution in [3.8, 4) is 5.75 Å². The van der Waals surface area contributed by atoms with E-state index in [0.29, 0.717) is 25.8 Å². The summed E-state index contributed by atoms with van der Waals surface area (Å²) in [7, 11) is 1.68. The number of nitrogens with zero attached hydrogens (tertiary/aromatic N) is 1. The Morgan fingerprint density at radius 1 is 1.25 bits per heavy atom. The second-order valence-electron chi connectivity index (χ2n) is 5.41. The zero-order valence-electron chi connectivity index (χ0n) is 14.5. The highest BCUT2D eigenvalue weighted by atomic mass is 127. The summed E-state index contributed by atoms with van der Waals surface area (Å²) in [5.74, 6) is 1.72. The Morgan fingerprint density at radius 3 is 2.71 bits per heavy atom. The van der Waals surface area contributed by atoms with Gasteiger partial charge in [0.2, 0.25) is 0 Å². The summed E-state index contributed by atoms with van der Waals surface area (Å²) in [6, 6.07) is 8.36. The highest BCUT2D eigenvalue weighted by molar-refractivity contribution is 14.0. The number of aliphatic imine (C=N–C) groups is 1. The topological polar surface area (TPSA) is 54.9 Å². The van der Waals surface area contributed by atoms with Crippen LogP contribution >= 0.6 is 24.0 Å². The number of hydrogen-bond donors (Lipinski definition) is 2. The Hall–Kier alpha value is -1.28. The normalized spacial score (nSPS) is 14.3. The lowest BCUT2D eigenvalue weighted by atomic mass is 10.2. The number of halogens is 1. The molecule has 134 valence electrons. The molecule has 1 aliphatic carbocycles. The molecule has 0 aromatic heterocycles. The minimum atomic E-state index is 0. The number of guanidine groups is 1. The third-order valence-corrected chi connectivity index (χ3v) is 3.65. The standard InChI is InChI=1S/C18H27N3O2.HI/c1-3-19-18(21-16-9-5-6-10-16)20-12-13-23-14-15-8-4-7-11-17(15)22-2;/h4-8,11,16H,3,9-10,12-14H2,1-2H3,(H2,19,20,21);1H. The van der Waals surface area contributed by atoms with Crippen LogP contribution < -0.4 is 15.4 Å². The largest absolute Gasteiger partial charge is 0.496 e. The summed E-state index contributed by atoms with van der Waals surface area (Å²) in [5, 5.41) is 6.72. The highest BCUT2D eigenvalue weighted by Crippen LogP contribution is 2.17. The van der Waals surface area contributed by atoms with E-state index >= 15 is 0 Å². The van der Waals surface area contributed by atoms with Gasteiger partial charge in [-0.3, -0.25) is 4.99 Å². The van der Waals surface area contributed by atoms with Gasteiger partial charge < -0.3 is 20.1 Å². The lowest BCUT2D eigenvalue weighted by Crippen LogP contribution is -2.42. The van der Waals surface area contributed by atoms with Gasteiger partial charge in [0.05, 0.1) is 26.9 Å². The minimum absolute atomic E-state index is 0. The number of rotatable bonds is 8. The van der Waals surface area contributed by atoms with Crippen LogP contribution in [0.15, 0.2) is 41.4 Å². The van der Waals surface area contributed by atoms with Crippen molar-refractivity contribution in [2.45, 2.75) is 32.4 Å². The molecule has 0 saturated carbocycles. The van der Waals surface area contributed by atoms with E-state index in [1.54, 1.807) is 7.11 Å². The molecule has 0 heterocycles. The van der Waals surface area contributed by atoms with Crippen LogP contribution in [-0.4, -0.2) is 38.8 Å². The van der Waals surface area contributed by atoms with Gasteiger partial charge in [-0.2, -0.15) is 0 Å². The van der Waals surface area contributed by atoms with Gasteiger partial charge >= 0.3 is 0 Å². The van der Waals surface area contributed by atoms with Crippen molar-refractivity contribution in [1.82, 2.24) is 10.6 Å². The Kier molecular flexibility index (Phi) is 10.5. The maximum Gasteiger partial charge on any atom is 0.191 e. The molecule has 2 N–H and O–H groups in total. The van der Waals surface area contributed by atoms with Gasteiger partial charge in [0.25, 0.3) is 0 Å². The molecule has 1 aromatic carbocycles. The molecule has 0 fully saturated rings. The molecule has 5 nitrogen and oxygen atoms in total. The van der Waals surface area contributed by atoms with Crippen molar-refractivity contribution in [2.24, 2.45) is 4.99 Å². The highest BCUT2D eigenvalue weighted by Gasteiger charge is 2.11. The van der Waals surface area contributed by atoms with Crippen LogP contribution in [0, 0.1) is 0 Å². The molecule has 0 amide bonds. The van der Waals surface area contributed by atoms with Crippen LogP contribution in [-0.2, 0) is 11.3 Å². The zero-order valence-corrected chi connectivity index (χ0v) is 16.8. The molecule has 0 spiro atoms. The van der Waals surface area contributed by atoms with Gasteiger partial charge in [-0.1, -0.05) is 30.4 Å². The summed E-state index contributed by atoms with van der Waals surface area (Å²) in [6.07, 6.45) is 6.54. The van der Waals surface area contributed by atoms with Crippen molar-refractivity contribution in [3.63, 3.8) is 0 Å². The van der Waals surface area contributed by atoms with Gasteiger partial charge in [-0.05, 0) is 25.8 Å². The summed E-state index contributed by atoms with van der Waals surface area (Å²) < 4.78 is 11.0. The third-order valence-electron chi connectivity index (χ3n) is 3.65. The minimum Gasteiger partial charge on any atom is -0.496 e. The van der Waals surface area contributed by atoms with E-state index in [4.69, 9.17) is 9.47 Å². The van der Waals surface area contributed by atoms with Gasteiger partial charge in [-0.15, -0.1) is 24.0 Å². The first-order chi connectivity index (χ1) is 11.3. The van der Waals surface area contributed by atoms with Gasteiger partial charge in [0.1, 0.15) is 5.75 Å². The van der Waals surface area contributed by atoms with Crippen LogP contribution in [0.3, 0.4) is 0 Å². The van der Waals surface area contributed by atoms with E-state index < -0.39 is 0 Å². The lowest BCUT2D eigenvalue weighted by Gasteiger charge is -2.16. The molecule has 1 aliphatic rings. The molecule has 0 radical (unpaired) electrons. The Bertz CT molecular complexity index is 527. The Labute approximate surface area is 161 Å². The third kappa shape index (κ3) is 7.09. The van der Waals surface area contributed by atoms with Crippen molar-refractivity contribution in [1.29, 1.82) is 0 Å². The number of nitrogens with one attached hydrogen (secondary N) is 2. The van der Waals surface area contributed by atoms with Gasteiger partial charge in [0, 0.05) is 18.2 Å². The lowest BCUT2D eigenvalue weighted by molar-refractivity contribution is 0.126. The zero-order chi connectivity index (χ0) is 16.3. The van der Waals surface area contributed by atoms with Crippen molar-refractivity contribution < 1.29 is 9.47 Å². The van der Waals surface area contributed by atoms with Crippen molar-refractivity contribution >= 4 is 29.9 Å². The maximum absolute atomic E-state index is 5.71. The van der Waals surface area contributed by atoms with Crippen LogP contribution in [0.4, 0.5) is 0 Å². The molecule has 24 heavy (non-hydrogen) atoms. The van der Waals surface area contributed by atoms with E-state index in [9.17, 15) is 0 Å². The van der Waals surface area contributed by atoms with Crippen molar-refractivity contribution in [3.05, 3.63) is 42.0 Å². The molecular formula is C18H28IN3O2. The van der Waals surface area contributed by atoms with E-state index in [0.717, 1.165) is 36.7 Å². The fourth-order valence-corrected chi connectivity index (χ4v) is 2.47. The fourth-order valence-electron chi connectivity index (χ4n) is 2.47. The number of ether oxygens (including phenoxy) is 2. The van der Waals surface area contributed by atoms with E-state index in [1.165, 1.54) is 0 Å². The van der Waals surface area contributed by atoms with E-state index in [1.807, 2.05) is 24.3 Å². The summed E-state index contributed by atoms with van der Waals surface area (Å²) >= 11 is 0. The molecular weight excluding hydrogens is 417 g/mol. The second-order valence-corrected chi connectivity index (χ2v) is 5.41. The quantitative estimate of drug-likeness (QED) is 0.212. The van der Waals surface area contributed by atoms with E-state index in [2.05, 4.69) is 34.7 Å². The molecule has 0 bridgehead atoms. The smallest absolute Gasteiger partial charge is 0.191 e. The summed E-state index contributed by atoms with van der Waals surface area (Å²) in [5.41, 5.74) is 1.06. The van der Waals surface area contributed by atoms with Gasteiger partial charge in [-0.25, -0.2) is 0 Å². The molecule has 2 rings (SSSR count). The predicted molar refractivity (Wildman–Crippen MR) is 109 cm³/mol. The molecule has 0 atom stereocenters. The van der Waals surface area contributed by atoms with Gasteiger partial charge in [0.15, 0.2) is 5.96 Å². The van der Waals surface area contributed by atoms with E-state index in [-0.39, 0.29) is 24.0 Å². The molecule has 0 aliphatic heterocycles.